The molecule has 2 aliphatic heterocycles. The van der Waals surface area contributed by atoms with E-state index in [4.69, 9.17) is 10.5 Å². The van der Waals surface area contributed by atoms with Gasteiger partial charge in [0.05, 0.1) is 31.0 Å². The number of rotatable bonds is 5. The number of aryl methyl sites for hydroxylation is 1. The van der Waals surface area contributed by atoms with Crippen LogP contribution in [0.15, 0.2) is 35.6 Å². The first-order chi connectivity index (χ1) is 17.6. The van der Waals surface area contributed by atoms with Crippen LogP contribution in [0.25, 0.3) is 5.82 Å². The standard InChI is InChI=1S/C24H22F3N7O3/c1-12-22(23(28)35)31-13(2)33(12)21-8-20(18(27)9-29-21)37-17-10-32(11-17)24(36)34-19(3-4-30-34)14-5-15(25)7-16(26)6-14/h4-9,17,19H,3,10-11H2,1-2H3,(H2,28,35)/t19-/m0/s1. The minimum Gasteiger partial charge on any atom is -0.483 e. The summed E-state index contributed by atoms with van der Waals surface area (Å²) in [6, 6.07) is 3.40. The van der Waals surface area contributed by atoms with Gasteiger partial charge in [-0.25, -0.2) is 32.9 Å². The Morgan fingerprint density at radius 1 is 1.08 bits per heavy atom. The van der Waals surface area contributed by atoms with Gasteiger partial charge in [-0.3, -0.25) is 9.36 Å². The number of primary amides is 1. The first-order valence-electron chi connectivity index (χ1n) is 11.4. The van der Waals surface area contributed by atoms with Crippen LogP contribution in [0.4, 0.5) is 18.0 Å². The SMILES string of the molecule is Cc1nc(C(N)=O)c(C)n1-c1cc(OC2CN(C(=O)N3N=CC[C@H]3c3cc(F)cc(F)c3)C2)c(F)cn1. The highest BCUT2D eigenvalue weighted by atomic mass is 19.1. The molecule has 3 amide bonds. The minimum absolute atomic E-state index is 0.0810. The van der Waals surface area contributed by atoms with Crippen molar-refractivity contribution in [1.29, 1.82) is 0 Å². The normalized spacial score (nSPS) is 17.3. The third-order valence-electron chi connectivity index (χ3n) is 6.25. The fraction of sp³-hybridized carbons (Fsp3) is 0.292. The van der Waals surface area contributed by atoms with Crippen LogP contribution in [0.3, 0.4) is 0 Å². The van der Waals surface area contributed by atoms with E-state index in [1.807, 2.05) is 0 Å². The van der Waals surface area contributed by atoms with Crippen LogP contribution >= 0.6 is 0 Å². The van der Waals surface area contributed by atoms with Gasteiger partial charge in [0.2, 0.25) is 0 Å². The lowest BCUT2D eigenvalue weighted by Gasteiger charge is -2.41. The molecule has 4 heterocycles. The molecule has 1 aromatic carbocycles. The van der Waals surface area contributed by atoms with Crippen LogP contribution < -0.4 is 10.5 Å². The second-order valence-electron chi connectivity index (χ2n) is 8.79. The average molecular weight is 513 g/mol. The van der Waals surface area contributed by atoms with Crippen molar-refractivity contribution >= 4 is 18.2 Å². The lowest BCUT2D eigenvalue weighted by atomic mass is 10.0. The van der Waals surface area contributed by atoms with E-state index in [-0.39, 0.29) is 30.4 Å². The summed E-state index contributed by atoms with van der Waals surface area (Å²) < 4.78 is 49.2. The summed E-state index contributed by atoms with van der Waals surface area (Å²) in [6.45, 7) is 3.61. The van der Waals surface area contributed by atoms with E-state index in [9.17, 15) is 22.8 Å². The zero-order valence-corrected chi connectivity index (χ0v) is 19.9. The number of amides is 3. The number of likely N-dealkylation sites (tertiary alicyclic amines) is 1. The van der Waals surface area contributed by atoms with Crippen LogP contribution in [0.2, 0.25) is 0 Å². The zero-order valence-electron chi connectivity index (χ0n) is 19.9. The van der Waals surface area contributed by atoms with Crippen LogP contribution in [0.1, 0.15) is 40.0 Å². The van der Waals surface area contributed by atoms with Crippen molar-refractivity contribution in [2.45, 2.75) is 32.4 Å². The molecule has 2 N–H and O–H groups in total. The molecular weight excluding hydrogens is 491 g/mol. The quantitative estimate of drug-likeness (QED) is 0.563. The van der Waals surface area contributed by atoms with E-state index in [0.717, 1.165) is 12.3 Å². The second kappa shape index (κ2) is 9.22. The Hall–Kier alpha value is -4.42. The van der Waals surface area contributed by atoms with Crippen molar-refractivity contribution in [3.8, 4) is 11.6 Å². The van der Waals surface area contributed by atoms with Crippen molar-refractivity contribution in [1.82, 2.24) is 24.4 Å². The predicted molar refractivity (Wildman–Crippen MR) is 125 cm³/mol. The van der Waals surface area contributed by atoms with Gasteiger partial charge in [-0.05, 0) is 31.5 Å². The number of carbonyl (C=O) groups excluding carboxylic acids is 2. The molecule has 13 heteroatoms. The Morgan fingerprint density at radius 3 is 2.43 bits per heavy atom. The van der Waals surface area contributed by atoms with Gasteiger partial charge in [0.1, 0.15) is 35.1 Å². The Morgan fingerprint density at radius 2 is 1.78 bits per heavy atom. The van der Waals surface area contributed by atoms with Crippen molar-refractivity contribution < 1.29 is 27.5 Å². The van der Waals surface area contributed by atoms with Gasteiger partial charge >= 0.3 is 6.03 Å². The van der Waals surface area contributed by atoms with Crippen molar-refractivity contribution in [3.63, 3.8) is 0 Å². The number of hydrogen-bond donors (Lipinski definition) is 1. The molecule has 0 aliphatic carbocycles. The summed E-state index contributed by atoms with van der Waals surface area (Å²) in [5.74, 6) is -2.22. The first kappa shape index (κ1) is 24.3. The number of ether oxygens (including phenoxy) is 1. The third-order valence-corrected chi connectivity index (χ3v) is 6.25. The number of hydrogen-bond acceptors (Lipinski definition) is 6. The highest BCUT2D eigenvalue weighted by Gasteiger charge is 2.39. The van der Waals surface area contributed by atoms with Crippen LogP contribution in [-0.2, 0) is 0 Å². The summed E-state index contributed by atoms with van der Waals surface area (Å²) in [5.41, 5.74) is 6.20. The number of halogens is 3. The Balaban J connectivity index is 1.27. The highest BCUT2D eigenvalue weighted by molar-refractivity contribution is 5.92. The average Bonchev–Trinajstić information content (AvgIpc) is 3.41. The molecule has 0 spiro atoms. The number of hydrazone groups is 1. The van der Waals surface area contributed by atoms with Crippen LogP contribution in [0.5, 0.6) is 5.75 Å². The van der Waals surface area contributed by atoms with Crippen LogP contribution in [0, 0.1) is 31.3 Å². The maximum absolute atomic E-state index is 14.5. The van der Waals surface area contributed by atoms with Crippen molar-refractivity contribution in [3.05, 3.63) is 70.7 Å². The molecule has 0 bridgehead atoms. The molecule has 2 aliphatic rings. The Labute approximate surface area is 209 Å². The largest absolute Gasteiger partial charge is 0.483 e. The Bertz CT molecular complexity index is 1410. The maximum Gasteiger partial charge on any atom is 0.341 e. The molecule has 37 heavy (non-hydrogen) atoms. The number of benzene rings is 1. The summed E-state index contributed by atoms with van der Waals surface area (Å²) in [4.78, 5) is 34.2. The smallest absolute Gasteiger partial charge is 0.341 e. The molecule has 0 radical (unpaired) electrons. The number of nitrogens with zero attached hydrogens (tertiary/aromatic N) is 6. The predicted octanol–water partition coefficient (Wildman–Crippen LogP) is 3.02. The minimum atomic E-state index is -0.739. The van der Waals surface area contributed by atoms with E-state index in [2.05, 4.69) is 15.1 Å². The van der Waals surface area contributed by atoms with E-state index < -0.39 is 41.5 Å². The van der Waals surface area contributed by atoms with Gasteiger partial charge in [0.15, 0.2) is 11.6 Å². The first-order valence-corrected chi connectivity index (χ1v) is 11.4. The van der Waals surface area contributed by atoms with E-state index in [0.29, 0.717) is 23.5 Å². The molecule has 2 aromatic heterocycles. The number of nitrogens with two attached hydrogens (primary N) is 1. The monoisotopic (exact) mass is 513 g/mol. The van der Waals surface area contributed by atoms with Crippen LogP contribution in [-0.4, -0.2) is 61.8 Å². The van der Waals surface area contributed by atoms with Gasteiger partial charge in [-0.1, -0.05) is 0 Å². The molecule has 0 saturated carbocycles. The molecule has 1 saturated heterocycles. The molecular formula is C24H22F3N7O3. The van der Waals surface area contributed by atoms with Gasteiger partial charge < -0.3 is 15.4 Å². The topological polar surface area (TPSA) is 119 Å². The zero-order chi connectivity index (χ0) is 26.4. The maximum atomic E-state index is 14.5. The molecule has 192 valence electrons. The lowest BCUT2D eigenvalue weighted by molar-refractivity contribution is 0.0256. The fourth-order valence-electron chi connectivity index (χ4n) is 4.47. The van der Waals surface area contributed by atoms with Gasteiger partial charge in [-0.15, -0.1) is 0 Å². The lowest BCUT2D eigenvalue weighted by Crippen LogP contribution is -2.58. The molecule has 0 unspecified atom stereocenters. The summed E-state index contributed by atoms with van der Waals surface area (Å²) in [6.07, 6.45) is 2.32. The van der Waals surface area contributed by atoms with Gasteiger partial charge in [0.25, 0.3) is 5.91 Å². The summed E-state index contributed by atoms with van der Waals surface area (Å²) in [5, 5.41) is 5.25. The van der Waals surface area contributed by atoms with Crippen molar-refractivity contribution in [2.75, 3.05) is 13.1 Å². The number of pyridine rings is 1. The highest BCUT2D eigenvalue weighted by Crippen LogP contribution is 2.32. The summed E-state index contributed by atoms with van der Waals surface area (Å²) in [7, 11) is 0. The Kier molecular flexibility index (Phi) is 6.05. The van der Waals surface area contributed by atoms with Crippen molar-refractivity contribution in [2.24, 2.45) is 10.8 Å². The molecule has 3 aromatic rings. The molecule has 10 nitrogen and oxygen atoms in total. The van der Waals surface area contributed by atoms with E-state index in [1.54, 1.807) is 18.4 Å². The van der Waals surface area contributed by atoms with Gasteiger partial charge in [-0.2, -0.15) is 5.10 Å². The summed E-state index contributed by atoms with van der Waals surface area (Å²) >= 11 is 0. The number of urea groups is 1. The van der Waals surface area contributed by atoms with E-state index >= 15 is 0 Å². The number of aromatic nitrogens is 3. The molecule has 1 fully saturated rings. The molecule has 1 atom stereocenters. The second-order valence-corrected chi connectivity index (χ2v) is 8.79. The fourth-order valence-corrected chi connectivity index (χ4v) is 4.47. The molecule has 5 rings (SSSR count). The number of imidazole rings is 1. The van der Waals surface area contributed by atoms with E-state index in [1.165, 1.54) is 34.3 Å². The van der Waals surface area contributed by atoms with Gasteiger partial charge in [0, 0.05) is 24.8 Å². The third kappa shape index (κ3) is 4.47. The number of carbonyl (C=O) groups is 2.